The van der Waals surface area contributed by atoms with Gasteiger partial charge in [-0.25, -0.2) is 0 Å². The fraction of sp³-hybridized carbons (Fsp3) is 0.262. The van der Waals surface area contributed by atoms with Gasteiger partial charge >= 0.3 is 6.85 Å². The second-order valence-corrected chi connectivity index (χ2v) is 22.2. The van der Waals surface area contributed by atoms with Crippen molar-refractivity contribution in [2.24, 2.45) is 0 Å². The summed E-state index contributed by atoms with van der Waals surface area (Å²) in [5.41, 5.74) is 28.2. The van der Waals surface area contributed by atoms with Crippen molar-refractivity contribution in [3.8, 4) is 39.1 Å². The summed E-state index contributed by atoms with van der Waals surface area (Å²) in [4.78, 5) is 2.79. The van der Waals surface area contributed by atoms with Gasteiger partial charge in [-0.15, -0.1) is 0 Å². The van der Waals surface area contributed by atoms with Crippen LogP contribution >= 0.6 is 0 Å². The Hall–Kier alpha value is -6.58. The number of rotatable bonds is 8. The molecule has 68 heavy (non-hydrogen) atoms. The molecule has 2 nitrogen and oxygen atoms in total. The Balaban J connectivity index is 1.20. The standard InChI is InChI=1S/C65H61BN2/c1-9-11-20-40-28-33-57-46(34-40)50-35-41(21-12-10-2)36-56-61(50)67(57)62-59-48(45-24-16-17-25-51(45)65(59,7)8)37-49-47-38-54-55(64(5,6)53-27-19-18-26-52(53)63(54,3)4)39-58(47)68(66(56)60(49)62)44-31-29-43(30-32-44)42-22-14-13-15-23-42/h13-19,22-39H,9-12,20-21H2,1-8H3. The number of anilines is 2. The van der Waals surface area contributed by atoms with E-state index >= 15 is 0 Å². The molecule has 4 aliphatic rings. The van der Waals surface area contributed by atoms with Gasteiger partial charge in [0.05, 0.1) is 11.0 Å². The second kappa shape index (κ2) is 14.7. The van der Waals surface area contributed by atoms with E-state index in [0.717, 1.165) is 12.8 Å². The van der Waals surface area contributed by atoms with Crippen molar-refractivity contribution >= 4 is 51.0 Å². The van der Waals surface area contributed by atoms with Gasteiger partial charge in [-0.05, 0) is 157 Å². The largest absolute Gasteiger partial charge is 0.376 e. The molecule has 9 aromatic rings. The maximum Gasteiger partial charge on any atom is 0.333 e. The van der Waals surface area contributed by atoms with E-state index in [1.54, 1.807) is 0 Å². The third kappa shape index (κ3) is 5.59. The Kier molecular flexibility index (Phi) is 9.00. The Morgan fingerprint density at radius 1 is 0.471 bits per heavy atom. The van der Waals surface area contributed by atoms with E-state index in [1.165, 1.54) is 153 Å². The molecule has 0 unspecified atom stereocenters. The number of hydrogen-bond acceptors (Lipinski definition) is 1. The highest BCUT2D eigenvalue weighted by molar-refractivity contribution is 6.93. The lowest BCUT2D eigenvalue weighted by Gasteiger charge is -2.48. The smallest absolute Gasteiger partial charge is 0.333 e. The molecule has 0 spiro atoms. The minimum atomic E-state index is -0.225. The Labute approximate surface area is 403 Å². The molecule has 0 saturated heterocycles. The molecule has 2 aliphatic carbocycles. The Bertz CT molecular complexity index is 3570. The van der Waals surface area contributed by atoms with Crippen molar-refractivity contribution in [3.05, 3.63) is 196 Å². The van der Waals surface area contributed by atoms with E-state index < -0.39 is 0 Å². The van der Waals surface area contributed by atoms with Crippen LogP contribution in [-0.2, 0) is 29.1 Å². The molecule has 13 rings (SSSR count). The Morgan fingerprint density at radius 2 is 1.09 bits per heavy atom. The molecule has 0 fully saturated rings. The SMILES string of the molecule is CCCCc1ccc2c(c1)c1cc(CCCC)cc3c1n2-c1c2c(cc4c1C(C)(C)c1ccccc1-4)-c1cc4c(cc1N(c1ccc(-c5ccccc5)cc1)B23)C(C)(C)c1ccccc1C4(C)C. The number of benzene rings is 8. The molecule has 334 valence electrons. The van der Waals surface area contributed by atoms with Crippen molar-refractivity contribution in [1.82, 2.24) is 4.57 Å². The van der Waals surface area contributed by atoms with E-state index in [2.05, 4.69) is 216 Å². The van der Waals surface area contributed by atoms with E-state index in [0.29, 0.717) is 0 Å². The quantitative estimate of drug-likeness (QED) is 0.138. The van der Waals surface area contributed by atoms with Crippen LogP contribution in [0.2, 0.25) is 0 Å². The van der Waals surface area contributed by atoms with Crippen molar-refractivity contribution < 1.29 is 0 Å². The van der Waals surface area contributed by atoms with Gasteiger partial charge < -0.3 is 9.38 Å². The predicted molar refractivity (Wildman–Crippen MR) is 291 cm³/mol. The third-order valence-electron chi connectivity index (χ3n) is 17.1. The average molecular weight is 881 g/mol. The summed E-state index contributed by atoms with van der Waals surface area (Å²) in [5, 5.41) is 2.79. The van der Waals surface area contributed by atoms with Gasteiger partial charge in [0.15, 0.2) is 0 Å². The lowest BCUT2D eigenvalue weighted by atomic mass is 9.43. The van der Waals surface area contributed by atoms with Crippen LogP contribution in [-0.4, -0.2) is 11.4 Å². The van der Waals surface area contributed by atoms with Gasteiger partial charge in [-0.2, -0.15) is 0 Å². The molecule has 0 N–H and O–H groups in total. The fourth-order valence-electron chi connectivity index (χ4n) is 13.6. The molecule has 0 bridgehead atoms. The number of fused-ring (bicyclic) bond motifs is 13. The van der Waals surface area contributed by atoms with Crippen LogP contribution in [0.4, 0.5) is 11.4 Å². The van der Waals surface area contributed by atoms with Crippen molar-refractivity contribution in [2.45, 2.75) is 110 Å². The maximum absolute atomic E-state index is 2.79. The highest BCUT2D eigenvalue weighted by Crippen LogP contribution is 2.58. The van der Waals surface area contributed by atoms with Crippen LogP contribution in [0, 0.1) is 0 Å². The summed E-state index contributed by atoms with van der Waals surface area (Å²) in [6.07, 6.45) is 6.90. The number of unbranched alkanes of at least 4 members (excludes halogenated alkanes) is 2. The van der Waals surface area contributed by atoms with E-state index in [1.807, 2.05) is 0 Å². The van der Waals surface area contributed by atoms with Gasteiger partial charge in [0, 0.05) is 49.6 Å². The monoisotopic (exact) mass is 880 g/mol. The van der Waals surface area contributed by atoms with Crippen LogP contribution in [0.5, 0.6) is 0 Å². The van der Waals surface area contributed by atoms with Crippen molar-refractivity contribution in [2.75, 3.05) is 4.81 Å². The molecule has 0 atom stereocenters. The van der Waals surface area contributed by atoms with Gasteiger partial charge in [0.25, 0.3) is 0 Å². The first-order chi connectivity index (χ1) is 32.9. The van der Waals surface area contributed by atoms with Crippen molar-refractivity contribution in [3.63, 3.8) is 0 Å². The molecule has 0 radical (unpaired) electrons. The van der Waals surface area contributed by atoms with E-state index in [9.17, 15) is 0 Å². The van der Waals surface area contributed by atoms with E-state index in [-0.39, 0.29) is 23.1 Å². The lowest BCUT2D eigenvalue weighted by Crippen LogP contribution is -2.61. The molecule has 0 amide bonds. The first-order valence-corrected chi connectivity index (χ1v) is 25.6. The molecule has 3 heterocycles. The van der Waals surface area contributed by atoms with Gasteiger partial charge in [-0.1, -0.05) is 171 Å². The third-order valence-corrected chi connectivity index (χ3v) is 17.1. The number of hydrogen-bond donors (Lipinski definition) is 0. The molecule has 3 heteroatoms. The molecule has 2 aliphatic heterocycles. The summed E-state index contributed by atoms with van der Waals surface area (Å²) in [5.74, 6) is 0. The van der Waals surface area contributed by atoms with Crippen LogP contribution < -0.4 is 15.7 Å². The highest BCUT2D eigenvalue weighted by Gasteiger charge is 2.51. The molecule has 1 aromatic heterocycles. The zero-order valence-corrected chi connectivity index (χ0v) is 41.1. The summed E-state index contributed by atoms with van der Waals surface area (Å²) >= 11 is 0. The van der Waals surface area contributed by atoms with Crippen LogP contribution in [0.15, 0.2) is 152 Å². The topological polar surface area (TPSA) is 8.17 Å². The van der Waals surface area contributed by atoms with Crippen LogP contribution in [0.1, 0.15) is 126 Å². The zero-order chi connectivity index (χ0) is 46.4. The van der Waals surface area contributed by atoms with Gasteiger partial charge in [-0.3, -0.25) is 0 Å². The number of aromatic nitrogens is 1. The summed E-state index contributed by atoms with van der Waals surface area (Å²) < 4.78 is 2.76. The number of aryl methyl sites for hydroxylation is 2. The lowest BCUT2D eigenvalue weighted by molar-refractivity contribution is 0.521. The van der Waals surface area contributed by atoms with Crippen LogP contribution in [0.3, 0.4) is 0 Å². The minimum absolute atomic E-state index is 0.0645. The highest BCUT2D eigenvalue weighted by atomic mass is 15.1. The van der Waals surface area contributed by atoms with Crippen LogP contribution in [0.25, 0.3) is 60.9 Å². The fourth-order valence-corrected chi connectivity index (χ4v) is 13.6. The summed E-state index contributed by atoms with van der Waals surface area (Å²) in [6.45, 7) is 19.4. The normalized spacial score (nSPS) is 16.0. The number of nitrogens with zero attached hydrogens (tertiary/aromatic N) is 2. The molecule has 8 aromatic carbocycles. The predicted octanol–water partition coefficient (Wildman–Crippen LogP) is 15.6. The average Bonchev–Trinajstić information content (AvgIpc) is 3.80. The van der Waals surface area contributed by atoms with Gasteiger partial charge in [0.1, 0.15) is 0 Å². The minimum Gasteiger partial charge on any atom is -0.376 e. The molecular weight excluding hydrogens is 820 g/mol. The summed E-state index contributed by atoms with van der Waals surface area (Å²) in [6, 6.07) is 59.6. The first kappa shape index (κ1) is 41.6. The molecule has 0 saturated carbocycles. The van der Waals surface area contributed by atoms with E-state index in [4.69, 9.17) is 0 Å². The van der Waals surface area contributed by atoms with Crippen molar-refractivity contribution in [1.29, 1.82) is 0 Å². The zero-order valence-electron chi connectivity index (χ0n) is 41.1. The van der Waals surface area contributed by atoms with Gasteiger partial charge in [0.2, 0.25) is 0 Å². The Morgan fingerprint density at radius 3 is 1.79 bits per heavy atom. The maximum atomic E-state index is 2.79. The first-order valence-electron chi connectivity index (χ1n) is 25.6. The summed E-state index contributed by atoms with van der Waals surface area (Å²) in [7, 11) is 0. The second-order valence-electron chi connectivity index (χ2n) is 22.2. The molecular formula is C65H61BN2.